The Morgan fingerprint density at radius 3 is 2.81 bits per heavy atom. The SMILES string of the molecule is O=C(CN1C(=O)/C(=C\c2ccccc2Cl)SC1=S)N[C@H]1C=CS(=O)(=O)C1. The molecule has 2 heterocycles. The van der Waals surface area contributed by atoms with E-state index in [1.54, 1.807) is 30.3 Å². The van der Waals surface area contributed by atoms with E-state index in [9.17, 15) is 18.0 Å². The number of nitrogens with zero attached hydrogens (tertiary/aromatic N) is 1. The number of thiocarbonyl (C=S) groups is 1. The predicted octanol–water partition coefficient (Wildman–Crippen LogP) is 1.97. The maximum absolute atomic E-state index is 12.5. The molecule has 1 saturated heterocycles. The van der Waals surface area contributed by atoms with Crippen molar-refractivity contribution in [2.75, 3.05) is 12.3 Å². The Morgan fingerprint density at radius 1 is 1.42 bits per heavy atom. The molecule has 0 spiro atoms. The molecule has 1 aromatic rings. The van der Waals surface area contributed by atoms with Crippen LogP contribution in [-0.2, 0) is 19.4 Å². The van der Waals surface area contributed by atoms with E-state index in [1.807, 2.05) is 0 Å². The van der Waals surface area contributed by atoms with E-state index in [0.29, 0.717) is 15.5 Å². The molecule has 0 bridgehead atoms. The summed E-state index contributed by atoms with van der Waals surface area (Å²) < 4.78 is 23.0. The van der Waals surface area contributed by atoms with Crippen LogP contribution in [0.1, 0.15) is 5.56 Å². The summed E-state index contributed by atoms with van der Waals surface area (Å²) in [6.45, 7) is -0.269. The lowest BCUT2D eigenvalue weighted by Crippen LogP contribution is -2.43. The van der Waals surface area contributed by atoms with E-state index in [1.165, 1.54) is 11.0 Å². The molecule has 26 heavy (non-hydrogen) atoms. The highest BCUT2D eigenvalue weighted by Crippen LogP contribution is 2.33. The summed E-state index contributed by atoms with van der Waals surface area (Å²) >= 11 is 12.4. The number of halogens is 1. The second-order valence-corrected chi connectivity index (χ2v) is 9.64. The summed E-state index contributed by atoms with van der Waals surface area (Å²) in [5.41, 5.74) is 0.681. The molecule has 0 radical (unpaired) electrons. The van der Waals surface area contributed by atoms with Crippen molar-refractivity contribution in [2.45, 2.75) is 6.04 Å². The van der Waals surface area contributed by atoms with Gasteiger partial charge in [-0.3, -0.25) is 14.5 Å². The number of thioether (sulfide) groups is 1. The highest BCUT2D eigenvalue weighted by Gasteiger charge is 2.34. The van der Waals surface area contributed by atoms with Gasteiger partial charge in [-0.25, -0.2) is 8.42 Å². The summed E-state index contributed by atoms with van der Waals surface area (Å²) in [5.74, 6) is -1.04. The third kappa shape index (κ3) is 4.35. The van der Waals surface area contributed by atoms with Gasteiger partial charge in [-0.05, 0) is 23.8 Å². The first-order chi connectivity index (χ1) is 12.2. The van der Waals surface area contributed by atoms with Gasteiger partial charge in [0.2, 0.25) is 5.91 Å². The average molecular weight is 429 g/mol. The van der Waals surface area contributed by atoms with Crippen LogP contribution in [0, 0.1) is 0 Å². The summed E-state index contributed by atoms with van der Waals surface area (Å²) in [7, 11) is -3.26. The van der Waals surface area contributed by atoms with Crippen LogP contribution in [0.4, 0.5) is 0 Å². The van der Waals surface area contributed by atoms with Gasteiger partial charge in [-0.1, -0.05) is 53.8 Å². The van der Waals surface area contributed by atoms with Crippen molar-refractivity contribution in [3.8, 4) is 0 Å². The smallest absolute Gasteiger partial charge is 0.266 e. The normalized spacial score (nSPS) is 23.0. The minimum absolute atomic E-state index is 0.177. The van der Waals surface area contributed by atoms with Crippen LogP contribution in [-0.4, -0.2) is 47.8 Å². The fourth-order valence-corrected chi connectivity index (χ4v) is 5.10. The Hall–Kier alpha value is -1.68. The van der Waals surface area contributed by atoms with E-state index in [4.69, 9.17) is 23.8 Å². The van der Waals surface area contributed by atoms with Crippen molar-refractivity contribution in [3.63, 3.8) is 0 Å². The Bertz CT molecular complexity index is 956. The zero-order chi connectivity index (χ0) is 18.9. The van der Waals surface area contributed by atoms with Crippen LogP contribution in [0.5, 0.6) is 0 Å². The molecule has 0 saturated carbocycles. The number of carbonyl (C=O) groups excluding carboxylic acids is 2. The maximum Gasteiger partial charge on any atom is 0.266 e. The lowest BCUT2D eigenvalue weighted by atomic mass is 10.2. The largest absolute Gasteiger partial charge is 0.347 e. The van der Waals surface area contributed by atoms with Gasteiger partial charge in [-0.2, -0.15) is 0 Å². The average Bonchev–Trinajstić information content (AvgIpc) is 3.03. The molecule has 10 heteroatoms. The summed E-state index contributed by atoms with van der Waals surface area (Å²) in [6.07, 6.45) is 3.04. The molecule has 0 aromatic heterocycles. The predicted molar refractivity (Wildman–Crippen MR) is 106 cm³/mol. The molecule has 1 N–H and O–H groups in total. The number of benzene rings is 1. The standard InChI is InChI=1S/C16H13ClN2O4S3/c17-12-4-2-1-3-10(12)7-13-15(21)19(16(24)25-13)8-14(20)18-11-5-6-26(22,23)9-11/h1-7,11H,8-9H2,(H,18,20)/b13-7+/t11-/m0/s1. The number of amides is 2. The lowest BCUT2D eigenvalue weighted by Gasteiger charge is -2.16. The van der Waals surface area contributed by atoms with E-state index in [2.05, 4.69) is 5.32 Å². The maximum atomic E-state index is 12.5. The lowest BCUT2D eigenvalue weighted by molar-refractivity contribution is -0.128. The van der Waals surface area contributed by atoms with Gasteiger partial charge in [-0.15, -0.1) is 0 Å². The van der Waals surface area contributed by atoms with Crippen molar-refractivity contribution in [1.82, 2.24) is 10.2 Å². The van der Waals surface area contributed by atoms with E-state index < -0.39 is 21.8 Å². The molecule has 2 aliphatic heterocycles. The molecule has 1 fully saturated rings. The van der Waals surface area contributed by atoms with E-state index in [-0.39, 0.29) is 22.5 Å². The van der Waals surface area contributed by atoms with Crippen LogP contribution < -0.4 is 5.32 Å². The highest BCUT2D eigenvalue weighted by atomic mass is 35.5. The fourth-order valence-electron chi connectivity index (χ4n) is 2.43. The first-order valence-electron chi connectivity index (χ1n) is 7.45. The molecule has 2 aliphatic rings. The molecular formula is C16H13ClN2O4S3. The van der Waals surface area contributed by atoms with Crippen molar-refractivity contribution in [1.29, 1.82) is 0 Å². The Balaban J connectivity index is 1.67. The zero-order valence-electron chi connectivity index (χ0n) is 13.2. The number of sulfone groups is 1. The summed E-state index contributed by atoms with van der Waals surface area (Å²) in [4.78, 5) is 26.2. The van der Waals surface area contributed by atoms with Crippen LogP contribution in [0.15, 0.2) is 40.7 Å². The Labute approximate surface area is 165 Å². The topological polar surface area (TPSA) is 83.6 Å². The van der Waals surface area contributed by atoms with Crippen LogP contribution in [0.25, 0.3) is 6.08 Å². The summed E-state index contributed by atoms with van der Waals surface area (Å²) in [5, 5.41) is 4.15. The fraction of sp³-hybridized carbons (Fsp3) is 0.188. The Kier molecular flexibility index (Phi) is 5.52. The molecule has 1 atom stereocenters. The van der Waals surface area contributed by atoms with Gasteiger partial charge in [0, 0.05) is 10.4 Å². The van der Waals surface area contributed by atoms with Crippen LogP contribution in [0.2, 0.25) is 5.02 Å². The minimum Gasteiger partial charge on any atom is -0.347 e. The number of hydrogen-bond donors (Lipinski definition) is 1. The third-order valence-corrected chi connectivity index (χ3v) is 6.76. The van der Waals surface area contributed by atoms with Crippen molar-refractivity contribution in [2.24, 2.45) is 0 Å². The molecule has 136 valence electrons. The van der Waals surface area contributed by atoms with Crippen LogP contribution >= 0.6 is 35.6 Å². The highest BCUT2D eigenvalue weighted by molar-refractivity contribution is 8.26. The van der Waals surface area contributed by atoms with Crippen LogP contribution in [0.3, 0.4) is 0 Å². The minimum atomic E-state index is -3.26. The first-order valence-corrected chi connectivity index (χ1v) is 10.8. The summed E-state index contributed by atoms with van der Waals surface area (Å²) in [6, 6.07) is 6.48. The molecule has 3 rings (SSSR count). The van der Waals surface area contributed by atoms with Gasteiger partial charge in [0.1, 0.15) is 10.9 Å². The molecule has 0 unspecified atom stereocenters. The zero-order valence-corrected chi connectivity index (χ0v) is 16.4. The van der Waals surface area contributed by atoms with Gasteiger partial charge in [0.05, 0.1) is 16.7 Å². The van der Waals surface area contributed by atoms with Crippen molar-refractivity contribution in [3.05, 3.63) is 51.2 Å². The van der Waals surface area contributed by atoms with Gasteiger partial charge < -0.3 is 5.32 Å². The number of hydrogen-bond acceptors (Lipinski definition) is 6. The van der Waals surface area contributed by atoms with Crippen molar-refractivity contribution >= 4 is 67.6 Å². The second-order valence-electron chi connectivity index (χ2n) is 5.62. The van der Waals surface area contributed by atoms with Gasteiger partial charge >= 0.3 is 0 Å². The Morgan fingerprint density at radius 2 is 2.15 bits per heavy atom. The van der Waals surface area contributed by atoms with Gasteiger partial charge in [0.25, 0.3) is 5.91 Å². The number of rotatable bonds is 4. The monoisotopic (exact) mass is 428 g/mol. The molecule has 2 amide bonds. The van der Waals surface area contributed by atoms with E-state index >= 15 is 0 Å². The first kappa shape index (κ1) is 19.1. The van der Waals surface area contributed by atoms with Gasteiger partial charge in [0.15, 0.2) is 9.84 Å². The third-order valence-electron chi connectivity index (χ3n) is 3.64. The number of carbonyl (C=O) groups is 2. The van der Waals surface area contributed by atoms with Crippen molar-refractivity contribution < 1.29 is 18.0 Å². The molecule has 6 nitrogen and oxygen atoms in total. The molecule has 0 aliphatic carbocycles. The number of nitrogens with one attached hydrogen (secondary N) is 1. The van der Waals surface area contributed by atoms with E-state index in [0.717, 1.165) is 17.2 Å². The molecular weight excluding hydrogens is 416 g/mol. The second kappa shape index (κ2) is 7.51. The quantitative estimate of drug-likeness (QED) is 0.583. The molecule has 1 aromatic carbocycles.